The predicted molar refractivity (Wildman–Crippen MR) is 82.0 cm³/mol. The van der Waals surface area contributed by atoms with Crippen molar-refractivity contribution < 1.29 is 13.2 Å². The highest BCUT2D eigenvalue weighted by atomic mass is 35.5. The van der Waals surface area contributed by atoms with Gasteiger partial charge in [-0.2, -0.15) is 17.7 Å². The molecule has 2 aromatic heterocycles. The number of nitrogens with zero attached hydrogens (tertiary/aromatic N) is 4. The first-order valence-corrected chi connectivity index (χ1v) is 7.61. The number of hydrogen-bond donors (Lipinski definition) is 1. The Morgan fingerprint density at radius 3 is 2.75 bits per heavy atom. The Balaban J connectivity index is 1.56. The van der Waals surface area contributed by atoms with Gasteiger partial charge in [-0.05, 0) is 36.2 Å². The SMILES string of the molecule is FC(F)(F)c1nnc2ccc(NC3CC3c3cccc(Cl)c3)nn12. The Bertz CT molecular complexity index is 908. The number of rotatable bonds is 3. The molecule has 0 bridgehead atoms. The van der Waals surface area contributed by atoms with E-state index in [9.17, 15) is 13.2 Å². The Morgan fingerprint density at radius 1 is 1.17 bits per heavy atom. The number of nitrogens with one attached hydrogen (secondary N) is 1. The van der Waals surface area contributed by atoms with E-state index < -0.39 is 12.0 Å². The molecular formula is C15H11ClF3N5. The number of anilines is 1. The lowest BCUT2D eigenvalue weighted by molar-refractivity contribution is -0.146. The number of hydrogen-bond acceptors (Lipinski definition) is 4. The van der Waals surface area contributed by atoms with E-state index in [0.717, 1.165) is 12.0 Å². The van der Waals surface area contributed by atoms with Crippen LogP contribution < -0.4 is 5.32 Å². The van der Waals surface area contributed by atoms with Crippen LogP contribution in [0.25, 0.3) is 5.65 Å². The predicted octanol–water partition coefficient (Wildman–Crippen LogP) is 3.76. The Labute approximate surface area is 139 Å². The van der Waals surface area contributed by atoms with Gasteiger partial charge < -0.3 is 5.32 Å². The molecule has 2 heterocycles. The van der Waals surface area contributed by atoms with Crippen molar-refractivity contribution in [3.8, 4) is 0 Å². The summed E-state index contributed by atoms with van der Waals surface area (Å²) < 4.78 is 39.4. The molecule has 2 atom stereocenters. The van der Waals surface area contributed by atoms with Crippen molar-refractivity contribution in [2.75, 3.05) is 5.32 Å². The largest absolute Gasteiger partial charge is 0.453 e. The summed E-state index contributed by atoms with van der Waals surface area (Å²) in [6.07, 6.45) is -3.73. The molecule has 24 heavy (non-hydrogen) atoms. The fourth-order valence-corrected chi connectivity index (χ4v) is 2.89. The van der Waals surface area contributed by atoms with E-state index in [1.54, 1.807) is 12.1 Å². The first-order valence-electron chi connectivity index (χ1n) is 7.23. The molecule has 0 amide bonds. The lowest BCUT2D eigenvalue weighted by atomic mass is 10.1. The number of alkyl halides is 3. The maximum absolute atomic E-state index is 12.9. The fraction of sp³-hybridized carbons (Fsp3) is 0.267. The van der Waals surface area contributed by atoms with Crippen LogP contribution in [0, 0.1) is 0 Å². The average Bonchev–Trinajstić information content (AvgIpc) is 3.14. The van der Waals surface area contributed by atoms with Crippen LogP contribution in [0.1, 0.15) is 23.7 Å². The summed E-state index contributed by atoms with van der Waals surface area (Å²) in [5.74, 6) is -0.519. The second kappa shape index (κ2) is 5.34. The molecule has 3 aromatic rings. The molecule has 1 N–H and O–H groups in total. The fourth-order valence-electron chi connectivity index (χ4n) is 2.69. The van der Waals surface area contributed by atoms with Crippen LogP contribution in [0.5, 0.6) is 0 Å². The lowest BCUT2D eigenvalue weighted by Gasteiger charge is -2.07. The molecule has 9 heteroatoms. The molecular weight excluding hydrogens is 343 g/mol. The Morgan fingerprint density at radius 2 is 2.00 bits per heavy atom. The van der Waals surface area contributed by atoms with Gasteiger partial charge in [0.05, 0.1) is 0 Å². The molecule has 4 rings (SSSR count). The normalized spacial score (nSPS) is 20.3. The van der Waals surface area contributed by atoms with Crippen LogP contribution in [0.3, 0.4) is 0 Å². The van der Waals surface area contributed by atoms with Gasteiger partial charge in [-0.25, -0.2) is 0 Å². The van der Waals surface area contributed by atoms with Crippen molar-refractivity contribution in [2.24, 2.45) is 0 Å². The highest BCUT2D eigenvalue weighted by Crippen LogP contribution is 2.43. The molecule has 0 spiro atoms. The second-order valence-electron chi connectivity index (χ2n) is 5.66. The molecule has 2 unspecified atom stereocenters. The topological polar surface area (TPSA) is 55.1 Å². The third kappa shape index (κ3) is 2.77. The minimum Gasteiger partial charge on any atom is -0.365 e. The van der Waals surface area contributed by atoms with Gasteiger partial charge in [0.1, 0.15) is 5.82 Å². The Kier molecular flexibility index (Phi) is 3.38. The van der Waals surface area contributed by atoms with Gasteiger partial charge in [0, 0.05) is 17.0 Å². The van der Waals surface area contributed by atoms with Crippen molar-refractivity contribution in [3.05, 3.63) is 52.8 Å². The maximum atomic E-state index is 12.9. The van der Waals surface area contributed by atoms with E-state index in [-0.39, 0.29) is 17.6 Å². The molecule has 0 saturated heterocycles. The molecule has 0 aliphatic heterocycles. The van der Waals surface area contributed by atoms with Crippen LogP contribution >= 0.6 is 11.6 Å². The zero-order valence-electron chi connectivity index (χ0n) is 12.1. The molecule has 1 saturated carbocycles. The van der Waals surface area contributed by atoms with Crippen molar-refractivity contribution in [3.63, 3.8) is 0 Å². The van der Waals surface area contributed by atoms with E-state index in [0.29, 0.717) is 15.4 Å². The van der Waals surface area contributed by atoms with E-state index in [4.69, 9.17) is 11.6 Å². The van der Waals surface area contributed by atoms with Gasteiger partial charge in [-0.1, -0.05) is 23.7 Å². The minimum absolute atomic E-state index is 0.0510. The number of fused-ring (bicyclic) bond motifs is 1. The van der Waals surface area contributed by atoms with Crippen LogP contribution in [0.2, 0.25) is 5.02 Å². The van der Waals surface area contributed by atoms with Gasteiger partial charge in [0.2, 0.25) is 0 Å². The molecule has 5 nitrogen and oxygen atoms in total. The van der Waals surface area contributed by atoms with Crippen molar-refractivity contribution >= 4 is 23.1 Å². The van der Waals surface area contributed by atoms with Gasteiger partial charge in [0.15, 0.2) is 5.65 Å². The van der Waals surface area contributed by atoms with Gasteiger partial charge >= 0.3 is 6.18 Å². The molecule has 1 aromatic carbocycles. The average molecular weight is 354 g/mol. The summed E-state index contributed by atoms with van der Waals surface area (Å²) in [5.41, 5.74) is 1.15. The first kappa shape index (κ1) is 15.2. The van der Waals surface area contributed by atoms with E-state index in [2.05, 4.69) is 20.6 Å². The molecule has 1 aliphatic rings. The zero-order chi connectivity index (χ0) is 16.9. The first-order chi connectivity index (χ1) is 11.4. The van der Waals surface area contributed by atoms with Crippen LogP contribution in [0.15, 0.2) is 36.4 Å². The standard InChI is InChI=1S/C15H11ClF3N5/c16-9-3-1-2-8(6-9)10-7-11(10)20-12-4-5-13-21-22-14(15(17,18)19)24(13)23-12/h1-6,10-11H,7H2,(H,20,23). The molecule has 124 valence electrons. The van der Waals surface area contributed by atoms with E-state index >= 15 is 0 Å². The van der Waals surface area contributed by atoms with E-state index in [1.807, 2.05) is 18.2 Å². The van der Waals surface area contributed by atoms with Gasteiger partial charge in [-0.15, -0.1) is 15.3 Å². The molecule has 1 aliphatic carbocycles. The summed E-state index contributed by atoms with van der Waals surface area (Å²) >= 11 is 5.98. The number of benzene rings is 1. The van der Waals surface area contributed by atoms with Crippen molar-refractivity contribution in [1.29, 1.82) is 0 Å². The van der Waals surface area contributed by atoms with Crippen molar-refractivity contribution in [1.82, 2.24) is 19.8 Å². The van der Waals surface area contributed by atoms with Gasteiger partial charge in [-0.3, -0.25) is 0 Å². The second-order valence-corrected chi connectivity index (χ2v) is 6.09. The minimum atomic E-state index is -4.60. The lowest BCUT2D eigenvalue weighted by Crippen LogP contribution is -2.14. The van der Waals surface area contributed by atoms with E-state index in [1.165, 1.54) is 6.07 Å². The molecule has 1 fully saturated rings. The van der Waals surface area contributed by atoms with Gasteiger partial charge in [0.25, 0.3) is 5.82 Å². The summed E-state index contributed by atoms with van der Waals surface area (Å²) in [5, 5.41) is 14.4. The molecule has 0 radical (unpaired) electrons. The van der Waals surface area contributed by atoms with Crippen LogP contribution in [-0.2, 0) is 6.18 Å². The Hall–Kier alpha value is -2.35. The zero-order valence-corrected chi connectivity index (χ0v) is 12.9. The van der Waals surface area contributed by atoms with Crippen molar-refractivity contribution in [2.45, 2.75) is 24.6 Å². The quantitative estimate of drug-likeness (QED) is 0.779. The number of aromatic nitrogens is 4. The highest BCUT2D eigenvalue weighted by Gasteiger charge is 2.40. The smallest absolute Gasteiger partial charge is 0.365 e. The monoisotopic (exact) mass is 353 g/mol. The highest BCUT2D eigenvalue weighted by molar-refractivity contribution is 6.30. The summed E-state index contributed by atoms with van der Waals surface area (Å²) in [6, 6.07) is 10.7. The third-order valence-corrected chi connectivity index (χ3v) is 4.15. The summed E-state index contributed by atoms with van der Waals surface area (Å²) in [6.45, 7) is 0. The number of halogens is 4. The summed E-state index contributed by atoms with van der Waals surface area (Å²) in [7, 11) is 0. The third-order valence-electron chi connectivity index (χ3n) is 3.92. The maximum Gasteiger partial charge on any atom is 0.453 e. The van der Waals surface area contributed by atoms with Crippen LogP contribution in [-0.4, -0.2) is 25.9 Å². The van der Waals surface area contributed by atoms with Crippen LogP contribution in [0.4, 0.5) is 19.0 Å². The summed E-state index contributed by atoms with van der Waals surface area (Å²) in [4.78, 5) is 0.